The predicted octanol–water partition coefficient (Wildman–Crippen LogP) is 6.01. The van der Waals surface area contributed by atoms with Gasteiger partial charge in [-0.25, -0.2) is 0 Å². The summed E-state index contributed by atoms with van der Waals surface area (Å²) in [6, 6.07) is 13.4. The van der Waals surface area contributed by atoms with E-state index in [0.717, 1.165) is 0 Å². The summed E-state index contributed by atoms with van der Waals surface area (Å²) < 4.78 is 16.0. The fourth-order valence-corrected chi connectivity index (χ4v) is 4.91. The van der Waals surface area contributed by atoms with Crippen LogP contribution in [0.5, 0.6) is 17.2 Å². The van der Waals surface area contributed by atoms with E-state index in [0.29, 0.717) is 27.8 Å². The minimum atomic E-state index is -0.965. The van der Waals surface area contributed by atoms with Gasteiger partial charge >= 0.3 is 0 Å². The zero-order valence-electron chi connectivity index (χ0n) is 18.1. The van der Waals surface area contributed by atoms with Gasteiger partial charge in [-0.05, 0) is 42.0 Å². The minimum Gasteiger partial charge on any atom is -0.507 e. The summed E-state index contributed by atoms with van der Waals surface area (Å²) in [5.74, 6) is -0.943. The van der Waals surface area contributed by atoms with E-state index in [-0.39, 0.29) is 33.7 Å². The molecule has 0 saturated carbocycles. The number of methoxy groups -OCH3 is 1. The van der Waals surface area contributed by atoms with E-state index in [1.54, 1.807) is 42.5 Å². The van der Waals surface area contributed by atoms with Crippen LogP contribution in [-0.2, 0) is 9.59 Å². The summed E-state index contributed by atoms with van der Waals surface area (Å²) in [5.41, 5.74) is 0.968. The van der Waals surface area contributed by atoms with E-state index in [9.17, 15) is 14.7 Å². The second-order valence-corrected chi connectivity index (χ2v) is 8.98. The fraction of sp³-hybridized carbons (Fsp3) is 0.120. The highest BCUT2D eigenvalue weighted by atomic mass is 35.5. The van der Waals surface area contributed by atoms with Crippen LogP contribution in [0.25, 0.3) is 5.76 Å². The number of carbonyl (C=O) groups is 2. The Morgan fingerprint density at radius 2 is 1.63 bits per heavy atom. The lowest BCUT2D eigenvalue weighted by Crippen LogP contribution is -2.29. The molecule has 1 atom stereocenters. The Kier molecular flexibility index (Phi) is 6.01. The van der Waals surface area contributed by atoms with E-state index in [1.807, 2.05) is 0 Å². The number of aliphatic hydroxyl groups excluding tert-OH is 1. The molecule has 178 valence electrons. The van der Waals surface area contributed by atoms with Gasteiger partial charge in [0, 0.05) is 22.3 Å². The molecule has 0 radical (unpaired) electrons. The first-order valence-corrected chi connectivity index (χ1v) is 11.4. The van der Waals surface area contributed by atoms with E-state index >= 15 is 0 Å². The van der Waals surface area contributed by atoms with Crippen molar-refractivity contribution in [2.75, 3.05) is 18.8 Å². The number of benzene rings is 3. The molecule has 3 aromatic carbocycles. The maximum Gasteiger partial charge on any atom is 0.300 e. The number of nitrogens with zero attached hydrogens (tertiary/aromatic N) is 1. The quantitative estimate of drug-likeness (QED) is 0.252. The number of halogens is 3. The highest BCUT2D eigenvalue weighted by Crippen LogP contribution is 2.46. The number of ether oxygens (including phenoxy) is 3. The van der Waals surface area contributed by atoms with Crippen LogP contribution in [0.2, 0.25) is 15.1 Å². The molecular weight excluding hydrogens is 517 g/mol. The average Bonchev–Trinajstić information content (AvgIpc) is 3.41. The van der Waals surface area contributed by atoms with E-state index in [1.165, 1.54) is 24.1 Å². The largest absolute Gasteiger partial charge is 0.507 e. The number of amides is 1. The van der Waals surface area contributed by atoms with Crippen molar-refractivity contribution in [1.29, 1.82) is 0 Å². The van der Waals surface area contributed by atoms with Gasteiger partial charge in [-0.1, -0.05) is 46.9 Å². The summed E-state index contributed by atoms with van der Waals surface area (Å²) in [6.07, 6.45) is 0. The first kappa shape index (κ1) is 23.4. The van der Waals surface area contributed by atoms with Gasteiger partial charge in [0.15, 0.2) is 17.2 Å². The molecule has 1 unspecified atom stereocenters. The molecule has 5 rings (SSSR count). The Bertz CT molecular complexity index is 1380. The third-order valence-corrected chi connectivity index (χ3v) is 6.55. The van der Waals surface area contributed by atoms with E-state index in [4.69, 9.17) is 49.0 Å². The zero-order valence-corrected chi connectivity index (χ0v) is 20.3. The molecule has 1 fully saturated rings. The van der Waals surface area contributed by atoms with Gasteiger partial charge in [0.2, 0.25) is 6.79 Å². The average molecular weight is 533 g/mol. The molecule has 1 amide bonds. The molecule has 0 aliphatic carbocycles. The topological polar surface area (TPSA) is 85.3 Å². The maximum absolute atomic E-state index is 13.3. The lowest BCUT2D eigenvalue weighted by Gasteiger charge is -2.25. The van der Waals surface area contributed by atoms with Crippen LogP contribution in [-0.4, -0.2) is 30.7 Å². The zero-order chi connectivity index (χ0) is 24.9. The predicted molar refractivity (Wildman–Crippen MR) is 132 cm³/mol. The lowest BCUT2D eigenvalue weighted by atomic mass is 9.95. The van der Waals surface area contributed by atoms with Gasteiger partial charge in [-0.3, -0.25) is 14.5 Å². The van der Waals surface area contributed by atoms with Crippen molar-refractivity contribution in [1.82, 2.24) is 0 Å². The molecule has 10 heteroatoms. The highest BCUT2D eigenvalue weighted by molar-refractivity contribution is 6.52. The summed E-state index contributed by atoms with van der Waals surface area (Å²) in [5, 5.41) is 12.0. The van der Waals surface area contributed by atoms with Gasteiger partial charge < -0.3 is 19.3 Å². The second-order valence-electron chi connectivity index (χ2n) is 7.73. The standard InChI is InChI=1S/C25H16Cl3NO6/c1-33-24-16(27)8-13(9-17(24)28)22(30)20-21(12-2-4-14(26)5-3-12)29(25(32)23(20)31)15-6-7-18-19(10-15)35-11-34-18/h2-10,21,30H,11H2,1H3/b22-20+. The SMILES string of the molecule is COc1c(Cl)cc(/C(O)=C2\C(=O)C(=O)N(c3ccc4c(c3)OCO4)C2c2ccc(Cl)cc2)cc1Cl. The van der Waals surface area contributed by atoms with Crippen molar-refractivity contribution in [3.05, 3.63) is 86.4 Å². The monoisotopic (exact) mass is 531 g/mol. The molecule has 2 heterocycles. The number of Topliss-reactive ketones (excluding diaryl/α,β-unsaturated/α-hetero) is 1. The number of anilines is 1. The van der Waals surface area contributed by atoms with Crippen molar-refractivity contribution >= 4 is 57.9 Å². The molecule has 0 spiro atoms. The van der Waals surface area contributed by atoms with E-state index < -0.39 is 23.5 Å². The van der Waals surface area contributed by atoms with Crippen LogP contribution < -0.4 is 19.1 Å². The minimum absolute atomic E-state index is 0.0528. The molecule has 35 heavy (non-hydrogen) atoms. The van der Waals surface area contributed by atoms with Crippen LogP contribution in [0, 0.1) is 0 Å². The van der Waals surface area contributed by atoms with Crippen molar-refractivity contribution in [2.45, 2.75) is 6.04 Å². The lowest BCUT2D eigenvalue weighted by molar-refractivity contribution is -0.132. The van der Waals surface area contributed by atoms with Gasteiger partial charge in [0.05, 0.1) is 28.8 Å². The van der Waals surface area contributed by atoms with Crippen LogP contribution in [0.15, 0.2) is 60.2 Å². The first-order chi connectivity index (χ1) is 16.8. The molecule has 2 aliphatic rings. The van der Waals surface area contributed by atoms with Crippen LogP contribution in [0.3, 0.4) is 0 Å². The van der Waals surface area contributed by atoms with Gasteiger partial charge in [-0.2, -0.15) is 0 Å². The molecule has 1 N–H and O–H groups in total. The normalized spacial score (nSPS) is 18.3. The fourth-order valence-electron chi connectivity index (χ4n) is 4.14. The molecule has 7 nitrogen and oxygen atoms in total. The number of hydrogen-bond acceptors (Lipinski definition) is 6. The van der Waals surface area contributed by atoms with E-state index in [2.05, 4.69) is 0 Å². The smallest absolute Gasteiger partial charge is 0.300 e. The number of rotatable bonds is 4. The summed E-state index contributed by atoms with van der Waals surface area (Å²) in [6.45, 7) is 0.0528. The number of carbonyl (C=O) groups excluding carboxylic acids is 2. The summed E-state index contributed by atoms with van der Waals surface area (Å²) in [4.78, 5) is 27.9. The Morgan fingerprint density at radius 1 is 0.971 bits per heavy atom. The third kappa shape index (κ3) is 3.95. The maximum atomic E-state index is 13.3. The Balaban J connectivity index is 1.71. The van der Waals surface area contributed by atoms with Gasteiger partial charge in [0.1, 0.15) is 5.76 Å². The van der Waals surface area contributed by atoms with Crippen LogP contribution in [0.1, 0.15) is 17.2 Å². The first-order valence-electron chi connectivity index (χ1n) is 10.3. The summed E-state index contributed by atoms with van der Waals surface area (Å²) in [7, 11) is 1.41. The number of aliphatic hydroxyl groups is 1. The molecule has 0 aromatic heterocycles. The van der Waals surface area contributed by atoms with Crippen molar-refractivity contribution < 1.29 is 28.9 Å². The molecule has 3 aromatic rings. The number of fused-ring (bicyclic) bond motifs is 1. The van der Waals surface area contributed by atoms with Crippen LogP contribution in [0.4, 0.5) is 5.69 Å². The molecule has 1 saturated heterocycles. The van der Waals surface area contributed by atoms with Crippen molar-refractivity contribution in [3.8, 4) is 17.2 Å². The Labute approximate surface area is 215 Å². The van der Waals surface area contributed by atoms with Crippen LogP contribution >= 0.6 is 34.8 Å². The van der Waals surface area contributed by atoms with Crippen molar-refractivity contribution in [2.24, 2.45) is 0 Å². The molecule has 0 bridgehead atoms. The highest BCUT2D eigenvalue weighted by Gasteiger charge is 2.47. The van der Waals surface area contributed by atoms with Gasteiger partial charge in [-0.15, -0.1) is 0 Å². The Hall–Kier alpha value is -3.39. The van der Waals surface area contributed by atoms with Gasteiger partial charge in [0.25, 0.3) is 11.7 Å². The number of hydrogen-bond donors (Lipinski definition) is 1. The summed E-state index contributed by atoms with van der Waals surface area (Å²) >= 11 is 18.6. The third-order valence-electron chi connectivity index (χ3n) is 5.74. The second kappa shape index (κ2) is 9.00. The number of ketones is 1. The molecular formula is C25H16Cl3NO6. The van der Waals surface area contributed by atoms with Crippen molar-refractivity contribution in [3.63, 3.8) is 0 Å². The Morgan fingerprint density at radius 3 is 2.29 bits per heavy atom. The molecule has 2 aliphatic heterocycles.